The maximum Gasteiger partial charge on any atom is 0.0848 e. The van der Waals surface area contributed by atoms with Gasteiger partial charge >= 0.3 is 0 Å². The van der Waals surface area contributed by atoms with Crippen LogP contribution in [0, 0.1) is 0 Å². The lowest BCUT2D eigenvalue weighted by molar-refractivity contribution is 0.691. The summed E-state index contributed by atoms with van der Waals surface area (Å²) in [7, 11) is 0.812. The normalized spacial score (nSPS) is 12.6. The Hall–Kier alpha value is -0.280. The van der Waals surface area contributed by atoms with Crippen molar-refractivity contribution in [3.05, 3.63) is 35.9 Å². The molecule has 1 rings (SSSR count). The molecule has 0 aliphatic heterocycles. The highest BCUT2D eigenvalue weighted by Crippen LogP contribution is 2.15. The number of hydrogen-bond donors (Lipinski definition) is 0. The molecule has 0 bridgehead atoms. The molecule has 0 saturated carbocycles. The summed E-state index contributed by atoms with van der Waals surface area (Å²) in [5.41, 5.74) is 1.16. The molecule has 78 valence electrons. The summed E-state index contributed by atoms with van der Waals surface area (Å²) in [6.07, 6.45) is 2.33. The average Bonchev–Trinajstić information content (AvgIpc) is 2.20. The van der Waals surface area contributed by atoms with Crippen LogP contribution in [0.5, 0.6) is 0 Å². The van der Waals surface area contributed by atoms with Gasteiger partial charge in [0.25, 0.3) is 0 Å². The molecular formula is C11H16OS2. The minimum atomic E-state index is -0.756. The van der Waals surface area contributed by atoms with Crippen LogP contribution in [-0.4, -0.2) is 9.96 Å². The van der Waals surface area contributed by atoms with E-state index in [2.05, 4.69) is 6.92 Å². The van der Waals surface area contributed by atoms with Crippen molar-refractivity contribution >= 4 is 20.6 Å². The number of rotatable bonds is 6. The summed E-state index contributed by atoms with van der Waals surface area (Å²) in [6.45, 7) is 2.15. The van der Waals surface area contributed by atoms with E-state index in [1.54, 1.807) is 10.8 Å². The first-order chi connectivity index (χ1) is 6.83. The Bertz CT molecular complexity index is 272. The van der Waals surface area contributed by atoms with Crippen molar-refractivity contribution in [3.63, 3.8) is 0 Å². The summed E-state index contributed by atoms with van der Waals surface area (Å²) in [5, 5.41) is 0. The summed E-state index contributed by atoms with van der Waals surface area (Å²) >= 11 is 0. The maximum absolute atomic E-state index is 11.6. The molecule has 1 aromatic rings. The van der Waals surface area contributed by atoms with Gasteiger partial charge in [-0.05, 0) is 12.0 Å². The molecule has 0 amide bonds. The van der Waals surface area contributed by atoms with Crippen LogP contribution in [-0.2, 0) is 15.6 Å². The van der Waals surface area contributed by atoms with E-state index in [0.29, 0.717) is 5.75 Å². The van der Waals surface area contributed by atoms with Crippen LogP contribution in [0.3, 0.4) is 0 Å². The molecule has 0 N–H and O–H groups in total. The van der Waals surface area contributed by atoms with Crippen molar-refractivity contribution in [1.29, 1.82) is 0 Å². The Morgan fingerprint density at radius 3 is 2.64 bits per heavy atom. The fourth-order valence-corrected chi connectivity index (χ4v) is 3.76. The lowest BCUT2D eigenvalue weighted by atomic mass is 10.2. The van der Waals surface area contributed by atoms with Crippen molar-refractivity contribution in [2.24, 2.45) is 0 Å². The van der Waals surface area contributed by atoms with Gasteiger partial charge in [0.2, 0.25) is 0 Å². The molecule has 0 aliphatic rings. The van der Waals surface area contributed by atoms with E-state index in [1.165, 1.54) is 6.42 Å². The lowest BCUT2D eigenvalue weighted by Crippen LogP contribution is -1.91. The van der Waals surface area contributed by atoms with Crippen molar-refractivity contribution in [2.75, 3.05) is 5.75 Å². The van der Waals surface area contributed by atoms with Gasteiger partial charge in [-0.1, -0.05) is 54.5 Å². The zero-order chi connectivity index (χ0) is 10.2. The molecule has 0 heterocycles. The van der Waals surface area contributed by atoms with Crippen LogP contribution < -0.4 is 0 Å². The van der Waals surface area contributed by atoms with Crippen LogP contribution in [0.2, 0.25) is 0 Å². The van der Waals surface area contributed by atoms with Gasteiger partial charge in [0.1, 0.15) is 0 Å². The number of benzene rings is 1. The molecule has 0 spiro atoms. The monoisotopic (exact) mass is 228 g/mol. The van der Waals surface area contributed by atoms with Gasteiger partial charge in [0.15, 0.2) is 0 Å². The second kappa shape index (κ2) is 7.07. The molecular weight excluding hydrogens is 212 g/mol. The van der Waals surface area contributed by atoms with E-state index < -0.39 is 9.83 Å². The third-order valence-electron chi connectivity index (χ3n) is 1.84. The second-order valence-electron chi connectivity index (χ2n) is 3.11. The molecule has 1 atom stereocenters. The molecule has 0 aliphatic carbocycles. The Labute approximate surface area is 92.2 Å². The predicted molar refractivity (Wildman–Crippen MR) is 65.7 cm³/mol. The van der Waals surface area contributed by atoms with Crippen LogP contribution in [0.15, 0.2) is 30.3 Å². The Kier molecular flexibility index (Phi) is 5.96. The quantitative estimate of drug-likeness (QED) is 0.548. The first kappa shape index (κ1) is 11.8. The van der Waals surface area contributed by atoms with E-state index in [4.69, 9.17) is 0 Å². The molecule has 1 unspecified atom stereocenters. The molecule has 14 heavy (non-hydrogen) atoms. The Morgan fingerprint density at radius 2 is 2.00 bits per heavy atom. The van der Waals surface area contributed by atoms with Gasteiger partial charge in [-0.25, -0.2) is 4.21 Å². The van der Waals surface area contributed by atoms with Crippen LogP contribution in [0.1, 0.15) is 25.3 Å². The van der Waals surface area contributed by atoms with Crippen molar-refractivity contribution in [1.82, 2.24) is 0 Å². The minimum absolute atomic E-state index is 0.676. The highest BCUT2D eigenvalue weighted by atomic mass is 33.1. The Morgan fingerprint density at radius 1 is 1.29 bits per heavy atom. The summed E-state index contributed by atoms with van der Waals surface area (Å²) in [6, 6.07) is 10.0. The van der Waals surface area contributed by atoms with Crippen molar-refractivity contribution in [2.45, 2.75) is 25.5 Å². The summed E-state index contributed by atoms with van der Waals surface area (Å²) < 4.78 is 11.6. The molecule has 0 saturated heterocycles. The zero-order valence-corrected chi connectivity index (χ0v) is 10.1. The van der Waals surface area contributed by atoms with Gasteiger partial charge < -0.3 is 0 Å². The molecule has 3 heteroatoms. The largest absolute Gasteiger partial charge is 0.248 e. The first-order valence-corrected chi connectivity index (χ1v) is 7.70. The Balaban J connectivity index is 2.27. The molecule has 0 aromatic heterocycles. The van der Waals surface area contributed by atoms with Gasteiger partial charge in [0.05, 0.1) is 15.6 Å². The highest BCUT2D eigenvalue weighted by Gasteiger charge is 2.01. The van der Waals surface area contributed by atoms with Crippen molar-refractivity contribution < 1.29 is 4.21 Å². The minimum Gasteiger partial charge on any atom is -0.248 e. The first-order valence-electron chi connectivity index (χ1n) is 4.88. The SMILES string of the molecule is CCCCSS(=O)Cc1ccccc1. The van der Waals surface area contributed by atoms with E-state index in [9.17, 15) is 4.21 Å². The summed E-state index contributed by atoms with van der Waals surface area (Å²) in [5.74, 6) is 1.69. The van der Waals surface area contributed by atoms with Crippen LogP contribution in [0.25, 0.3) is 0 Å². The third kappa shape index (κ3) is 4.82. The zero-order valence-electron chi connectivity index (χ0n) is 8.44. The van der Waals surface area contributed by atoms with Crippen LogP contribution in [0.4, 0.5) is 0 Å². The number of unbranched alkanes of at least 4 members (excludes halogenated alkanes) is 1. The molecule has 0 fully saturated rings. The predicted octanol–water partition coefficient (Wildman–Crippen LogP) is 3.38. The topological polar surface area (TPSA) is 17.1 Å². The third-order valence-corrected chi connectivity index (χ3v) is 4.77. The van der Waals surface area contributed by atoms with Crippen molar-refractivity contribution in [3.8, 4) is 0 Å². The van der Waals surface area contributed by atoms with E-state index >= 15 is 0 Å². The standard InChI is InChI=1S/C11H16OS2/c1-2-3-9-13-14(12)10-11-7-5-4-6-8-11/h4-8H,2-3,9-10H2,1H3. The van der Waals surface area contributed by atoms with E-state index in [-0.39, 0.29) is 0 Å². The molecule has 0 radical (unpaired) electrons. The highest BCUT2D eigenvalue weighted by molar-refractivity contribution is 8.68. The fourth-order valence-electron chi connectivity index (χ4n) is 1.05. The smallest absolute Gasteiger partial charge is 0.0848 e. The molecule has 1 nitrogen and oxygen atoms in total. The van der Waals surface area contributed by atoms with Crippen LogP contribution >= 0.6 is 10.8 Å². The summed E-state index contributed by atoms with van der Waals surface area (Å²) in [4.78, 5) is 0. The molecule has 1 aromatic carbocycles. The lowest BCUT2D eigenvalue weighted by Gasteiger charge is -2.00. The van der Waals surface area contributed by atoms with Gasteiger partial charge in [-0.15, -0.1) is 0 Å². The number of hydrogen-bond acceptors (Lipinski definition) is 2. The van der Waals surface area contributed by atoms with Gasteiger partial charge in [-0.3, -0.25) is 0 Å². The average molecular weight is 228 g/mol. The second-order valence-corrected chi connectivity index (χ2v) is 6.47. The van der Waals surface area contributed by atoms with E-state index in [0.717, 1.165) is 17.7 Å². The van der Waals surface area contributed by atoms with E-state index in [1.807, 2.05) is 30.3 Å². The van der Waals surface area contributed by atoms with Gasteiger partial charge in [0, 0.05) is 5.75 Å². The maximum atomic E-state index is 11.6. The fraction of sp³-hybridized carbons (Fsp3) is 0.455. The van der Waals surface area contributed by atoms with Gasteiger partial charge in [-0.2, -0.15) is 0 Å².